The van der Waals surface area contributed by atoms with E-state index in [2.05, 4.69) is 25.9 Å². The van der Waals surface area contributed by atoms with Crippen LogP contribution in [0.15, 0.2) is 45.1 Å². The van der Waals surface area contributed by atoms with Crippen LogP contribution < -0.4 is 5.73 Å². The lowest BCUT2D eigenvalue weighted by atomic mass is 10.2. The fourth-order valence-corrected chi connectivity index (χ4v) is 2.73. The maximum Gasteiger partial charge on any atom is 0.192 e. The van der Waals surface area contributed by atoms with E-state index in [1.54, 1.807) is 12.4 Å². The average Bonchev–Trinajstić information content (AvgIpc) is 2.32. The lowest BCUT2D eigenvalue weighted by Gasteiger charge is -2.07. The minimum atomic E-state index is 0.0390. The first-order valence-corrected chi connectivity index (χ1v) is 6.77. The number of halogens is 1. The first-order chi connectivity index (χ1) is 8.56. The summed E-state index contributed by atoms with van der Waals surface area (Å²) in [6.07, 6.45) is 3.53. The molecule has 2 aromatic rings. The summed E-state index contributed by atoms with van der Waals surface area (Å²) in [5.41, 5.74) is 7.26. The SMILES string of the molecule is Cc1cnc(Sc2cc(Br)ccc2C(=N)N)nc1. The molecule has 0 amide bonds. The Morgan fingerprint density at radius 2 is 2.00 bits per heavy atom. The van der Waals surface area contributed by atoms with E-state index in [0.29, 0.717) is 10.7 Å². The molecule has 1 aromatic heterocycles. The van der Waals surface area contributed by atoms with Gasteiger partial charge in [-0.1, -0.05) is 15.9 Å². The van der Waals surface area contributed by atoms with Gasteiger partial charge in [-0.15, -0.1) is 0 Å². The molecule has 0 fully saturated rings. The van der Waals surface area contributed by atoms with E-state index in [9.17, 15) is 0 Å². The molecule has 0 saturated heterocycles. The Bertz CT molecular complexity index is 583. The summed E-state index contributed by atoms with van der Waals surface area (Å²) in [5, 5.41) is 8.19. The molecule has 0 atom stereocenters. The second-order valence-corrected chi connectivity index (χ2v) is 5.62. The largest absolute Gasteiger partial charge is 0.384 e. The van der Waals surface area contributed by atoms with E-state index in [4.69, 9.17) is 11.1 Å². The van der Waals surface area contributed by atoms with Crippen LogP contribution in [-0.4, -0.2) is 15.8 Å². The van der Waals surface area contributed by atoms with Crippen LogP contribution in [0.3, 0.4) is 0 Å². The Morgan fingerprint density at radius 1 is 1.33 bits per heavy atom. The molecule has 3 N–H and O–H groups in total. The van der Waals surface area contributed by atoms with E-state index >= 15 is 0 Å². The van der Waals surface area contributed by atoms with E-state index in [-0.39, 0.29) is 5.84 Å². The molecule has 2 rings (SSSR count). The molecule has 0 saturated carbocycles. The fraction of sp³-hybridized carbons (Fsp3) is 0.0833. The van der Waals surface area contributed by atoms with Gasteiger partial charge in [0.25, 0.3) is 0 Å². The summed E-state index contributed by atoms with van der Waals surface area (Å²) in [5.74, 6) is 0.0390. The van der Waals surface area contributed by atoms with Crippen LogP contribution in [0.2, 0.25) is 0 Å². The van der Waals surface area contributed by atoms with Gasteiger partial charge in [0.1, 0.15) is 5.84 Å². The molecular weight excluding hydrogens is 312 g/mol. The summed E-state index contributed by atoms with van der Waals surface area (Å²) in [7, 11) is 0. The van der Waals surface area contributed by atoms with Crippen molar-refractivity contribution >= 4 is 33.5 Å². The normalized spacial score (nSPS) is 10.3. The van der Waals surface area contributed by atoms with Crippen LogP contribution >= 0.6 is 27.7 Å². The maximum atomic E-state index is 7.55. The quantitative estimate of drug-likeness (QED) is 0.517. The number of nitrogen functional groups attached to an aromatic ring is 1. The second-order valence-electron chi connectivity index (χ2n) is 3.70. The molecule has 0 aliphatic heterocycles. The first-order valence-electron chi connectivity index (χ1n) is 5.16. The average molecular weight is 323 g/mol. The zero-order chi connectivity index (χ0) is 13.1. The predicted molar refractivity (Wildman–Crippen MR) is 76.1 cm³/mol. The molecule has 0 aliphatic rings. The van der Waals surface area contributed by atoms with Crippen molar-refractivity contribution in [3.05, 3.63) is 46.2 Å². The number of rotatable bonds is 3. The van der Waals surface area contributed by atoms with Crippen LogP contribution in [0.25, 0.3) is 0 Å². The van der Waals surface area contributed by atoms with Crippen LogP contribution in [0.1, 0.15) is 11.1 Å². The number of nitrogens with two attached hydrogens (primary N) is 1. The number of benzene rings is 1. The maximum absolute atomic E-state index is 7.55. The van der Waals surface area contributed by atoms with Gasteiger partial charge >= 0.3 is 0 Å². The number of aryl methyl sites for hydroxylation is 1. The Balaban J connectivity index is 2.35. The highest BCUT2D eigenvalue weighted by Crippen LogP contribution is 2.30. The van der Waals surface area contributed by atoms with Gasteiger partial charge in [0.05, 0.1) is 0 Å². The summed E-state index contributed by atoms with van der Waals surface area (Å²) in [6.45, 7) is 1.94. The summed E-state index contributed by atoms with van der Waals surface area (Å²) in [6, 6.07) is 5.57. The summed E-state index contributed by atoms with van der Waals surface area (Å²) in [4.78, 5) is 9.32. The van der Waals surface area contributed by atoms with Crippen molar-refractivity contribution in [1.29, 1.82) is 5.41 Å². The van der Waals surface area contributed by atoms with Crippen molar-refractivity contribution in [3.63, 3.8) is 0 Å². The Morgan fingerprint density at radius 3 is 2.61 bits per heavy atom. The third-order valence-electron chi connectivity index (χ3n) is 2.19. The lowest BCUT2D eigenvalue weighted by Crippen LogP contribution is -2.12. The van der Waals surface area contributed by atoms with Gasteiger partial charge in [-0.05, 0) is 42.4 Å². The van der Waals surface area contributed by atoms with Gasteiger partial charge < -0.3 is 5.73 Å². The Kier molecular flexibility index (Phi) is 3.98. The highest BCUT2D eigenvalue weighted by atomic mass is 79.9. The second kappa shape index (κ2) is 5.49. The number of nitrogens with zero attached hydrogens (tertiary/aromatic N) is 2. The molecule has 0 radical (unpaired) electrons. The van der Waals surface area contributed by atoms with Crippen molar-refractivity contribution in [1.82, 2.24) is 9.97 Å². The minimum Gasteiger partial charge on any atom is -0.384 e. The van der Waals surface area contributed by atoms with Gasteiger partial charge in [0, 0.05) is 27.3 Å². The third kappa shape index (κ3) is 3.08. The molecule has 18 heavy (non-hydrogen) atoms. The zero-order valence-electron chi connectivity index (χ0n) is 9.64. The molecule has 0 bridgehead atoms. The molecule has 0 spiro atoms. The number of hydrogen-bond donors (Lipinski definition) is 2. The van der Waals surface area contributed by atoms with E-state index in [0.717, 1.165) is 14.9 Å². The van der Waals surface area contributed by atoms with Crippen molar-refractivity contribution < 1.29 is 0 Å². The Labute approximate surface area is 118 Å². The zero-order valence-corrected chi connectivity index (χ0v) is 12.0. The van der Waals surface area contributed by atoms with Gasteiger partial charge in [-0.25, -0.2) is 9.97 Å². The fourth-order valence-electron chi connectivity index (χ4n) is 1.33. The van der Waals surface area contributed by atoms with Crippen molar-refractivity contribution in [3.8, 4) is 0 Å². The van der Waals surface area contributed by atoms with Crippen LogP contribution in [0, 0.1) is 12.3 Å². The van der Waals surface area contributed by atoms with Crippen LogP contribution in [0.4, 0.5) is 0 Å². The number of hydrogen-bond acceptors (Lipinski definition) is 4. The highest BCUT2D eigenvalue weighted by molar-refractivity contribution is 9.10. The van der Waals surface area contributed by atoms with E-state index in [1.807, 2.05) is 25.1 Å². The van der Waals surface area contributed by atoms with Gasteiger partial charge in [0.2, 0.25) is 0 Å². The lowest BCUT2D eigenvalue weighted by molar-refractivity contribution is 0.949. The minimum absolute atomic E-state index is 0.0390. The van der Waals surface area contributed by atoms with Gasteiger partial charge in [0.15, 0.2) is 5.16 Å². The monoisotopic (exact) mass is 322 g/mol. The third-order valence-corrected chi connectivity index (χ3v) is 3.64. The molecule has 6 heteroatoms. The van der Waals surface area contributed by atoms with Crippen molar-refractivity contribution in [2.24, 2.45) is 5.73 Å². The summed E-state index contributed by atoms with van der Waals surface area (Å²) < 4.78 is 0.933. The Hall–Kier alpha value is -1.40. The van der Waals surface area contributed by atoms with Crippen molar-refractivity contribution in [2.75, 3.05) is 0 Å². The summed E-state index contributed by atoms with van der Waals surface area (Å²) >= 11 is 4.80. The van der Waals surface area contributed by atoms with E-state index < -0.39 is 0 Å². The highest BCUT2D eigenvalue weighted by Gasteiger charge is 2.09. The molecular formula is C12H11BrN4S. The molecule has 1 aromatic carbocycles. The van der Waals surface area contributed by atoms with E-state index in [1.165, 1.54) is 11.8 Å². The molecule has 92 valence electrons. The standard InChI is InChI=1S/C12H11BrN4S/c1-7-5-16-12(17-6-7)18-10-4-8(13)2-3-9(10)11(14)15/h2-6H,1H3,(H3,14,15). The molecule has 4 nitrogen and oxygen atoms in total. The molecule has 1 heterocycles. The number of nitrogens with one attached hydrogen (secondary N) is 1. The smallest absolute Gasteiger partial charge is 0.192 e. The first kappa shape index (κ1) is 13.0. The van der Waals surface area contributed by atoms with Gasteiger partial charge in [-0.2, -0.15) is 0 Å². The number of aromatic nitrogens is 2. The predicted octanol–water partition coefficient (Wildman–Crippen LogP) is 2.98. The van der Waals surface area contributed by atoms with Gasteiger partial charge in [-0.3, -0.25) is 5.41 Å². The van der Waals surface area contributed by atoms with Crippen molar-refractivity contribution in [2.45, 2.75) is 17.0 Å². The molecule has 0 aliphatic carbocycles. The number of amidine groups is 1. The molecule has 0 unspecified atom stereocenters. The van der Waals surface area contributed by atoms with Crippen LogP contribution in [0.5, 0.6) is 0 Å². The van der Waals surface area contributed by atoms with Crippen LogP contribution in [-0.2, 0) is 0 Å². The topological polar surface area (TPSA) is 75.7 Å².